The summed E-state index contributed by atoms with van der Waals surface area (Å²) in [6.45, 7) is 11.9. The average Bonchev–Trinajstić information content (AvgIpc) is 3.29. The fraction of sp³-hybridized carbons (Fsp3) is 0.500. The Morgan fingerprint density at radius 1 is 0.923 bits per heavy atom. The van der Waals surface area contributed by atoms with Gasteiger partial charge in [0.05, 0.1) is 0 Å². The Morgan fingerprint density at radius 3 is 2.15 bits per heavy atom. The van der Waals surface area contributed by atoms with Gasteiger partial charge in [-0.25, -0.2) is 0 Å². The van der Waals surface area contributed by atoms with Crippen LogP contribution in [0.3, 0.4) is 0 Å². The maximum Gasteiger partial charge on any atom is 0.0488 e. The van der Waals surface area contributed by atoms with Crippen molar-refractivity contribution in [1.29, 1.82) is 0 Å². The summed E-state index contributed by atoms with van der Waals surface area (Å²) in [6.07, 6.45) is 13.9. The van der Waals surface area contributed by atoms with E-state index in [1.54, 1.807) is 0 Å². The van der Waals surface area contributed by atoms with Crippen molar-refractivity contribution in [3.8, 4) is 0 Å². The van der Waals surface area contributed by atoms with E-state index in [-0.39, 0.29) is 0 Å². The van der Waals surface area contributed by atoms with E-state index in [9.17, 15) is 0 Å². The summed E-state index contributed by atoms with van der Waals surface area (Å²) in [5.74, 6) is 0. The van der Waals surface area contributed by atoms with E-state index < -0.39 is 0 Å². The van der Waals surface area contributed by atoms with E-state index in [4.69, 9.17) is 0 Å². The molecular weight excluding hydrogens is 316 g/mol. The van der Waals surface area contributed by atoms with Crippen molar-refractivity contribution in [2.24, 2.45) is 0 Å². The molecule has 2 heteroatoms. The van der Waals surface area contributed by atoms with Crippen molar-refractivity contribution in [2.75, 3.05) is 20.1 Å². The largest absolute Gasteiger partial charge is 0.337 e. The maximum absolute atomic E-state index is 2.37. The van der Waals surface area contributed by atoms with Crippen LogP contribution >= 0.6 is 0 Å². The summed E-state index contributed by atoms with van der Waals surface area (Å²) in [6, 6.07) is 10.8. The second-order valence-corrected chi connectivity index (χ2v) is 6.44. The molecule has 0 amide bonds. The number of allylic oxidation sites excluding steroid dienone is 3. The summed E-state index contributed by atoms with van der Waals surface area (Å²) >= 11 is 0. The number of nitrogens with zero attached hydrogens (tertiary/aromatic N) is 2. The molecule has 1 fully saturated rings. The first-order valence-corrected chi connectivity index (χ1v) is 10.3. The van der Waals surface area contributed by atoms with Crippen LogP contribution in [0.1, 0.15) is 59.1 Å². The fourth-order valence-corrected chi connectivity index (χ4v) is 3.03. The zero-order valence-corrected chi connectivity index (χ0v) is 17.5. The SMILES string of the molecule is CC.CC/C=C/Cn1c(/C=C/CC)cc2ccccc21.CN1CCCC1. The minimum atomic E-state index is 0.949. The van der Waals surface area contributed by atoms with Crippen LogP contribution in [0.15, 0.2) is 48.6 Å². The molecule has 0 aliphatic carbocycles. The van der Waals surface area contributed by atoms with Crippen molar-refractivity contribution in [1.82, 2.24) is 9.47 Å². The molecule has 0 atom stereocenters. The Hall–Kier alpha value is -1.80. The Kier molecular flexibility index (Phi) is 11.5. The quantitative estimate of drug-likeness (QED) is 0.538. The molecule has 1 aliphatic heterocycles. The number of benzene rings is 1. The lowest BCUT2D eigenvalue weighted by Gasteiger charge is -2.05. The molecule has 0 saturated carbocycles. The Labute approximate surface area is 161 Å². The van der Waals surface area contributed by atoms with Gasteiger partial charge in [-0.2, -0.15) is 0 Å². The van der Waals surface area contributed by atoms with Crippen LogP contribution < -0.4 is 0 Å². The minimum absolute atomic E-state index is 0.949. The van der Waals surface area contributed by atoms with Gasteiger partial charge in [-0.15, -0.1) is 0 Å². The third-order valence-corrected chi connectivity index (χ3v) is 4.39. The van der Waals surface area contributed by atoms with Gasteiger partial charge in [0.2, 0.25) is 0 Å². The Morgan fingerprint density at radius 2 is 1.58 bits per heavy atom. The van der Waals surface area contributed by atoms with E-state index in [2.05, 4.69) is 85.0 Å². The van der Waals surface area contributed by atoms with Crippen molar-refractivity contribution >= 4 is 17.0 Å². The van der Waals surface area contributed by atoms with Crippen LogP contribution in [0, 0.1) is 0 Å². The molecule has 1 saturated heterocycles. The normalized spacial score (nSPS) is 14.5. The molecule has 2 nitrogen and oxygen atoms in total. The molecule has 26 heavy (non-hydrogen) atoms. The number of fused-ring (bicyclic) bond motifs is 1. The van der Waals surface area contributed by atoms with E-state index in [0.29, 0.717) is 0 Å². The van der Waals surface area contributed by atoms with Gasteiger partial charge in [0.15, 0.2) is 0 Å². The maximum atomic E-state index is 2.37. The summed E-state index contributed by atoms with van der Waals surface area (Å²) < 4.78 is 2.37. The van der Waals surface area contributed by atoms with Gasteiger partial charge in [0.1, 0.15) is 0 Å². The summed E-state index contributed by atoms with van der Waals surface area (Å²) in [5, 5.41) is 1.32. The fourth-order valence-electron chi connectivity index (χ4n) is 3.03. The number of para-hydroxylation sites is 1. The van der Waals surface area contributed by atoms with Crippen molar-refractivity contribution < 1.29 is 0 Å². The molecule has 0 radical (unpaired) electrons. The highest BCUT2D eigenvalue weighted by Gasteiger charge is 2.04. The molecule has 144 valence electrons. The van der Waals surface area contributed by atoms with Gasteiger partial charge in [-0.3, -0.25) is 0 Å². The molecule has 2 heterocycles. The highest BCUT2D eigenvalue weighted by Crippen LogP contribution is 2.21. The molecule has 0 bridgehead atoms. The number of aromatic nitrogens is 1. The number of rotatable bonds is 5. The zero-order valence-electron chi connectivity index (χ0n) is 17.5. The highest BCUT2D eigenvalue weighted by molar-refractivity contribution is 5.83. The molecular formula is C24H38N2. The molecule has 1 aliphatic rings. The van der Waals surface area contributed by atoms with Gasteiger partial charge in [0.25, 0.3) is 0 Å². The summed E-state index contributed by atoms with van der Waals surface area (Å²) in [4.78, 5) is 2.36. The van der Waals surface area contributed by atoms with Gasteiger partial charge in [-0.05, 0) is 64.0 Å². The Balaban J connectivity index is 0.000000353. The minimum Gasteiger partial charge on any atom is -0.337 e. The van der Waals surface area contributed by atoms with Crippen LogP contribution in [-0.4, -0.2) is 29.6 Å². The predicted octanol–water partition coefficient (Wildman–Crippen LogP) is 6.77. The Bertz CT molecular complexity index is 658. The van der Waals surface area contributed by atoms with Crippen LogP contribution in [0.2, 0.25) is 0 Å². The summed E-state index contributed by atoms with van der Waals surface area (Å²) in [5.41, 5.74) is 2.60. The zero-order chi connectivity index (χ0) is 19.2. The monoisotopic (exact) mass is 354 g/mol. The van der Waals surface area contributed by atoms with Crippen LogP contribution in [-0.2, 0) is 6.54 Å². The van der Waals surface area contributed by atoms with Gasteiger partial charge >= 0.3 is 0 Å². The van der Waals surface area contributed by atoms with Crippen LogP contribution in [0.5, 0.6) is 0 Å². The van der Waals surface area contributed by atoms with Gasteiger partial charge in [0, 0.05) is 23.1 Å². The number of hydrogen-bond donors (Lipinski definition) is 0. The highest BCUT2D eigenvalue weighted by atomic mass is 15.1. The van der Waals surface area contributed by atoms with Crippen molar-refractivity contribution in [3.05, 3.63) is 54.3 Å². The first kappa shape index (κ1) is 22.2. The average molecular weight is 355 g/mol. The molecule has 2 aromatic rings. The first-order chi connectivity index (χ1) is 12.8. The smallest absolute Gasteiger partial charge is 0.0488 e. The second-order valence-electron chi connectivity index (χ2n) is 6.44. The van der Waals surface area contributed by atoms with Gasteiger partial charge < -0.3 is 9.47 Å². The van der Waals surface area contributed by atoms with Crippen LogP contribution in [0.4, 0.5) is 0 Å². The lowest BCUT2D eigenvalue weighted by molar-refractivity contribution is 0.418. The third-order valence-electron chi connectivity index (χ3n) is 4.39. The van der Waals surface area contributed by atoms with Gasteiger partial charge in [-0.1, -0.05) is 64.1 Å². The standard InChI is InChI=1S/C17H21N.C5H11N.C2H6/c1-3-5-9-13-18-16(11-6-4-2)14-15-10-7-8-12-17(15)18;1-6-4-2-3-5-6;1-2/h5-12,14H,3-4,13H2,1-2H3;2-5H2,1H3;1-2H3/b9-5+,11-6+;;. The van der Waals surface area contributed by atoms with E-state index >= 15 is 0 Å². The van der Waals surface area contributed by atoms with Crippen molar-refractivity contribution in [2.45, 2.75) is 59.9 Å². The van der Waals surface area contributed by atoms with Crippen LogP contribution in [0.25, 0.3) is 17.0 Å². The first-order valence-electron chi connectivity index (χ1n) is 10.3. The lowest BCUT2D eigenvalue weighted by Crippen LogP contribution is -2.10. The molecule has 1 aromatic heterocycles. The van der Waals surface area contributed by atoms with E-state index in [1.165, 1.54) is 42.5 Å². The van der Waals surface area contributed by atoms with Crippen molar-refractivity contribution in [3.63, 3.8) is 0 Å². The topological polar surface area (TPSA) is 8.17 Å². The molecule has 3 rings (SSSR count). The molecule has 1 aromatic carbocycles. The predicted molar refractivity (Wildman–Crippen MR) is 119 cm³/mol. The third kappa shape index (κ3) is 7.21. The lowest BCUT2D eigenvalue weighted by atomic mass is 10.2. The second kappa shape index (κ2) is 13.4. The molecule has 0 N–H and O–H groups in total. The number of hydrogen-bond acceptors (Lipinski definition) is 1. The summed E-state index contributed by atoms with van der Waals surface area (Å²) in [7, 11) is 2.17. The molecule has 0 spiro atoms. The van der Waals surface area contributed by atoms with E-state index in [0.717, 1.165) is 19.4 Å². The molecule has 0 unspecified atom stereocenters. The number of likely N-dealkylation sites (tertiary alicyclic amines) is 1. The van der Waals surface area contributed by atoms with E-state index in [1.807, 2.05) is 13.8 Å².